The lowest BCUT2D eigenvalue weighted by Crippen LogP contribution is -2.29. The Kier molecular flexibility index (Phi) is 5.00. The zero-order valence-electron chi connectivity index (χ0n) is 11.7. The molecule has 0 unspecified atom stereocenters. The molecule has 0 aliphatic carbocycles. The number of aromatic nitrogens is 1. The molecule has 0 amide bonds. The van der Waals surface area contributed by atoms with Gasteiger partial charge in [0.2, 0.25) is 0 Å². The van der Waals surface area contributed by atoms with Gasteiger partial charge < -0.3 is 24.1 Å². The van der Waals surface area contributed by atoms with Crippen molar-refractivity contribution in [3.05, 3.63) is 18.3 Å². The van der Waals surface area contributed by atoms with Crippen LogP contribution >= 0.6 is 0 Å². The number of ether oxygens (including phenoxy) is 1. The molecule has 2 heterocycles. The second kappa shape index (κ2) is 6.74. The topological polar surface area (TPSA) is 79.0 Å². The lowest BCUT2D eigenvalue weighted by Gasteiger charge is -2.23. The maximum Gasteiger partial charge on any atom is 0.526 e. The van der Waals surface area contributed by atoms with E-state index in [0.717, 1.165) is 30.7 Å². The Morgan fingerprint density at radius 1 is 1.40 bits per heavy atom. The van der Waals surface area contributed by atoms with Gasteiger partial charge in [0.15, 0.2) is 0 Å². The summed E-state index contributed by atoms with van der Waals surface area (Å²) in [6.07, 6.45) is 2.64. The van der Waals surface area contributed by atoms with Crippen LogP contribution in [0, 0.1) is 0 Å². The summed E-state index contributed by atoms with van der Waals surface area (Å²) in [5.74, 6) is 0.775. The van der Waals surface area contributed by atoms with Gasteiger partial charge in [-0.05, 0) is 18.6 Å². The summed E-state index contributed by atoms with van der Waals surface area (Å²) in [4.78, 5) is 6.50. The van der Waals surface area contributed by atoms with Crippen LogP contribution in [0.15, 0.2) is 22.7 Å². The highest BCUT2D eigenvalue weighted by Crippen LogP contribution is 2.24. The molecule has 7 heteroatoms. The molecule has 2 N–H and O–H groups in total. The van der Waals surface area contributed by atoms with E-state index in [9.17, 15) is 10.0 Å². The van der Waals surface area contributed by atoms with Crippen molar-refractivity contribution in [2.75, 3.05) is 31.7 Å². The molecule has 2 aromatic rings. The van der Waals surface area contributed by atoms with Crippen LogP contribution in [0.5, 0.6) is 0 Å². The molecule has 0 saturated carbocycles. The van der Waals surface area contributed by atoms with E-state index in [1.807, 2.05) is 0 Å². The number of fused-ring (bicyclic) bond motifs is 1. The normalized spacial score (nSPS) is 11.0. The number of methoxy groups -OCH3 is 1. The van der Waals surface area contributed by atoms with Gasteiger partial charge in [0.1, 0.15) is 17.1 Å². The van der Waals surface area contributed by atoms with Crippen LogP contribution in [-0.4, -0.2) is 49.0 Å². The number of rotatable bonds is 7. The highest BCUT2D eigenvalue weighted by Gasteiger charge is 2.20. The zero-order chi connectivity index (χ0) is 14.5. The van der Waals surface area contributed by atoms with E-state index in [1.165, 1.54) is 0 Å². The molecule has 2 aromatic heterocycles. The Balaban J connectivity index is 2.39. The molecule has 0 radical (unpaired) electrons. The summed E-state index contributed by atoms with van der Waals surface area (Å²) in [6.45, 7) is 4.26. The third kappa shape index (κ3) is 3.12. The minimum Gasteiger partial charge on any atom is -0.464 e. The van der Waals surface area contributed by atoms with Gasteiger partial charge >= 0.3 is 7.12 Å². The lowest BCUT2D eigenvalue weighted by molar-refractivity contribution is 0.205. The minimum atomic E-state index is -1.62. The van der Waals surface area contributed by atoms with Crippen molar-refractivity contribution in [2.24, 2.45) is 0 Å². The third-order valence-corrected chi connectivity index (χ3v) is 3.06. The Bertz CT molecular complexity index is 558. The molecule has 0 aromatic carbocycles. The van der Waals surface area contributed by atoms with E-state index in [2.05, 4.69) is 16.8 Å². The van der Waals surface area contributed by atoms with Crippen LogP contribution in [0.3, 0.4) is 0 Å². The van der Waals surface area contributed by atoms with E-state index in [-0.39, 0.29) is 5.66 Å². The van der Waals surface area contributed by atoms with Gasteiger partial charge in [0, 0.05) is 26.4 Å². The Morgan fingerprint density at radius 3 is 2.85 bits per heavy atom. The van der Waals surface area contributed by atoms with Gasteiger partial charge in [0.05, 0.1) is 12.0 Å². The molecule has 6 nitrogen and oxygen atoms in total. The highest BCUT2D eigenvalue weighted by molar-refractivity contribution is 6.57. The van der Waals surface area contributed by atoms with Crippen molar-refractivity contribution in [2.45, 2.75) is 13.3 Å². The summed E-state index contributed by atoms with van der Waals surface area (Å²) >= 11 is 0. The van der Waals surface area contributed by atoms with Gasteiger partial charge in [-0.2, -0.15) is 0 Å². The number of hydrogen-bond donors (Lipinski definition) is 2. The highest BCUT2D eigenvalue weighted by atomic mass is 16.5. The van der Waals surface area contributed by atoms with Crippen molar-refractivity contribution in [3.63, 3.8) is 0 Å². The van der Waals surface area contributed by atoms with Crippen molar-refractivity contribution in [1.82, 2.24) is 4.98 Å². The quantitative estimate of drug-likeness (QED) is 0.712. The molecule has 20 heavy (non-hydrogen) atoms. The molecule has 2 rings (SSSR count). The summed E-state index contributed by atoms with van der Waals surface area (Å²) < 4.78 is 10.5. The Hall–Kier alpha value is -1.57. The minimum absolute atomic E-state index is 0.123. The van der Waals surface area contributed by atoms with Crippen molar-refractivity contribution < 1.29 is 19.2 Å². The molecule has 0 bridgehead atoms. The average Bonchev–Trinajstić information content (AvgIpc) is 2.87. The lowest BCUT2D eigenvalue weighted by atomic mass is 9.88. The predicted octanol–water partition coefficient (Wildman–Crippen LogP) is 0.370. The second-order valence-electron chi connectivity index (χ2n) is 4.55. The van der Waals surface area contributed by atoms with Gasteiger partial charge in [0.25, 0.3) is 0 Å². The van der Waals surface area contributed by atoms with E-state index < -0.39 is 7.12 Å². The fourth-order valence-corrected chi connectivity index (χ4v) is 2.14. The Labute approximate surface area is 118 Å². The number of pyridine rings is 1. The molecule has 0 aliphatic rings. The van der Waals surface area contributed by atoms with E-state index >= 15 is 0 Å². The predicted molar refractivity (Wildman–Crippen MR) is 78.2 cm³/mol. The summed E-state index contributed by atoms with van der Waals surface area (Å²) in [5.41, 5.74) is 0.717. The van der Waals surface area contributed by atoms with Crippen LogP contribution < -0.4 is 10.6 Å². The molecule has 0 atom stereocenters. The number of anilines is 1. The Morgan fingerprint density at radius 2 is 2.20 bits per heavy atom. The van der Waals surface area contributed by atoms with Crippen molar-refractivity contribution in [1.29, 1.82) is 0 Å². The van der Waals surface area contributed by atoms with Crippen LogP contribution in [0.25, 0.3) is 11.0 Å². The first kappa shape index (κ1) is 14.8. The first-order valence-corrected chi connectivity index (χ1v) is 6.65. The van der Waals surface area contributed by atoms with E-state index in [0.29, 0.717) is 12.2 Å². The zero-order valence-corrected chi connectivity index (χ0v) is 11.7. The van der Waals surface area contributed by atoms with Crippen LogP contribution in [0.4, 0.5) is 5.82 Å². The van der Waals surface area contributed by atoms with Gasteiger partial charge in [-0.1, -0.05) is 6.92 Å². The molecule has 0 spiro atoms. The number of hydrogen-bond acceptors (Lipinski definition) is 6. The summed E-state index contributed by atoms with van der Waals surface area (Å²) in [5, 5.41) is 19.2. The van der Waals surface area contributed by atoms with Gasteiger partial charge in [-0.3, -0.25) is 0 Å². The smallest absolute Gasteiger partial charge is 0.464 e. The van der Waals surface area contributed by atoms with Gasteiger partial charge in [-0.15, -0.1) is 0 Å². The first-order chi connectivity index (χ1) is 9.67. The number of nitrogens with zero attached hydrogens (tertiary/aromatic N) is 2. The number of furan rings is 1. The molecule has 0 fully saturated rings. The monoisotopic (exact) mass is 278 g/mol. The largest absolute Gasteiger partial charge is 0.526 e. The van der Waals surface area contributed by atoms with Crippen LogP contribution in [-0.2, 0) is 4.74 Å². The fourth-order valence-electron chi connectivity index (χ4n) is 2.14. The summed E-state index contributed by atoms with van der Waals surface area (Å²) in [7, 11) is 0.0461. The molecular formula is C13H19BN2O4. The molecule has 0 saturated heterocycles. The molecular weight excluding hydrogens is 259 g/mol. The first-order valence-electron chi connectivity index (χ1n) is 6.65. The third-order valence-electron chi connectivity index (χ3n) is 3.06. The SMILES string of the molecule is CCCN(CCOC)c1nccc2oc(B(O)O)cc12. The maximum absolute atomic E-state index is 9.21. The van der Waals surface area contributed by atoms with Crippen LogP contribution in [0.1, 0.15) is 13.3 Å². The summed E-state index contributed by atoms with van der Waals surface area (Å²) in [6, 6.07) is 3.34. The average molecular weight is 278 g/mol. The molecule has 108 valence electrons. The van der Waals surface area contributed by atoms with Gasteiger partial charge in [-0.25, -0.2) is 4.98 Å². The second-order valence-corrected chi connectivity index (χ2v) is 4.55. The molecule has 0 aliphatic heterocycles. The van der Waals surface area contributed by atoms with Crippen molar-refractivity contribution in [3.8, 4) is 0 Å². The van der Waals surface area contributed by atoms with Crippen molar-refractivity contribution >= 4 is 29.6 Å². The van der Waals surface area contributed by atoms with Crippen LogP contribution in [0.2, 0.25) is 0 Å². The fraction of sp³-hybridized carbons (Fsp3) is 0.462. The van der Waals surface area contributed by atoms with E-state index in [1.54, 1.807) is 25.4 Å². The standard InChI is InChI=1S/C13H19BN2O4/c1-3-6-16(7-8-19-2)13-10-9-12(14(17)18)20-11(10)4-5-15-13/h4-5,9,17-18H,3,6-8H2,1-2H3. The van der Waals surface area contributed by atoms with E-state index in [4.69, 9.17) is 9.15 Å². The maximum atomic E-state index is 9.21.